The maximum atomic E-state index is 12.2. The van der Waals surface area contributed by atoms with Crippen LogP contribution < -0.4 is 19.5 Å². The van der Waals surface area contributed by atoms with Gasteiger partial charge < -0.3 is 24.6 Å². The van der Waals surface area contributed by atoms with Gasteiger partial charge in [-0.2, -0.15) is 0 Å². The van der Waals surface area contributed by atoms with Crippen molar-refractivity contribution in [3.05, 3.63) is 53.1 Å². The quantitative estimate of drug-likeness (QED) is 0.775. The summed E-state index contributed by atoms with van der Waals surface area (Å²) in [5.41, 5.74) is 2.32. The van der Waals surface area contributed by atoms with Gasteiger partial charge in [0.15, 0.2) is 12.6 Å². The Kier molecular flexibility index (Phi) is 5.49. The van der Waals surface area contributed by atoms with E-state index in [-0.39, 0.29) is 6.61 Å². The molecule has 0 aromatic heterocycles. The molecular formula is C20H21NO6. The number of aryl methyl sites for hydroxylation is 1. The van der Waals surface area contributed by atoms with Gasteiger partial charge in [0.05, 0.1) is 13.7 Å². The molecule has 2 aromatic carbocycles. The fraction of sp³-hybridized carbons (Fsp3) is 0.300. The first kappa shape index (κ1) is 18.6. The summed E-state index contributed by atoms with van der Waals surface area (Å²) in [6, 6.07) is 9.18. The van der Waals surface area contributed by atoms with Gasteiger partial charge >= 0.3 is 5.97 Å². The highest BCUT2D eigenvalue weighted by Gasteiger charge is 2.24. The van der Waals surface area contributed by atoms with E-state index in [1.165, 1.54) is 0 Å². The normalized spacial score (nSPS) is 13.3. The number of nitrogens with one attached hydrogen (secondary N) is 1. The third-order valence-corrected chi connectivity index (χ3v) is 4.34. The molecule has 1 heterocycles. The number of aliphatic carboxylic acids is 1. The minimum atomic E-state index is -1.15. The number of hydrogen-bond acceptors (Lipinski definition) is 5. The van der Waals surface area contributed by atoms with Crippen LogP contribution in [-0.4, -0.2) is 37.3 Å². The largest absolute Gasteiger partial charge is 0.496 e. The molecule has 2 aromatic rings. The number of fused-ring (bicyclic) bond motifs is 1. The van der Waals surface area contributed by atoms with E-state index in [0.717, 1.165) is 29.0 Å². The van der Waals surface area contributed by atoms with Gasteiger partial charge in [0.1, 0.15) is 17.2 Å². The lowest BCUT2D eigenvalue weighted by atomic mass is 10.0. The molecule has 0 fully saturated rings. The van der Waals surface area contributed by atoms with E-state index in [2.05, 4.69) is 5.32 Å². The zero-order valence-corrected chi connectivity index (χ0v) is 15.2. The molecule has 7 heteroatoms. The summed E-state index contributed by atoms with van der Waals surface area (Å²) in [6.07, 6.45) is 0.726. The van der Waals surface area contributed by atoms with E-state index >= 15 is 0 Å². The van der Waals surface area contributed by atoms with Crippen LogP contribution in [0.3, 0.4) is 0 Å². The van der Waals surface area contributed by atoms with E-state index in [0.29, 0.717) is 17.9 Å². The van der Waals surface area contributed by atoms with Crippen LogP contribution in [0, 0.1) is 6.92 Å². The first-order valence-corrected chi connectivity index (χ1v) is 8.53. The van der Waals surface area contributed by atoms with Crippen molar-refractivity contribution in [1.82, 2.24) is 5.32 Å². The monoisotopic (exact) mass is 371 g/mol. The van der Waals surface area contributed by atoms with Crippen LogP contribution in [0.1, 0.15) is 22.7 Å². The van der Waals surface area contributed by atoms with Crippen molar-refractivity contribution in [2.45, 2.75) is 19.4 Å². The number of carbonyl (C=O) groups excluding carboxylic acids is 1. The molecule has 1 aliphatic heterocycles. The molecule has 142 valence electrons. The molecule has 0 spiro atoms. The van der Waals surface area contributed by atoms with Gasteiger partial charge in [-0.15, -0.1) is 0 Å². The first-order chi connectivity index (χ1) is 13.0. The predicted molar refractivity (Wildman–Crippen MR) is 97.4 cm³/mol. The van der Waals surface area contributed by atoms with E-state index < -0.39 is 17.9 Å². The molecule has 0 saturated carbocycles. The topological polar surface area (TPSA) is 94.1 Å². The van der Waals surface area contributed by atoms with Crippen molar-refractivity contribution in [3.8, 4) is 17.2 Å². The molecule has 1 atom stereocenters. The van der Waals surface area contributed by atoms with Gasteiger partial charge in [0.25, 0.3) is 5.91 Å². The summed E-state index contributed by atoms with van der Waals surface area (Å²) < 4.78 is 16.1. The number of carboxylic acid groups (broad SMARTS) is 1. The van der Waals surface area contributed by atoms with E-state index in [1.54, 1.807) is 43.5 Å². The second kappa shape index (κ2) is 7.99. The van der Waals surface area contributed by atoms with Crippen LogP contribution in [0.4, 0.5) is 0 Å². The summed E-state index contributed by atoms with van der Waals surface area (Å²) in [4.78, 5) is 23.8. The maximum absolute atomic E-state index is 12.2. The second-order valence-corrected chi connectivity index (χ2v) is 6.22. The number of carboxylic acids is 1. The van der Waals surface area contributed by atoms with Crippen LogP contribution in [0.5, 0.6) is 17.2 Å². The Morgan fingerprint density at radius 3 is 2.78 bits per heavy atom. The Morgan fingerprint density at radius 2 is 2.07 bits per heavy atom. The highest BCUT2D eigenvalue weighted by atomic mass is 16.5. The summed E-state index contributed by atoms with van der Waals surface area (Å²) >= 11 is 0. The Morgan fingerprint density at radius 1 is 1.26 bits per heavy atom. The van der Waals surface area contributed by atoms with Crippen molar-refractivity contribution in [1.29, 1.82) is 0 Å². The number of amides is 1. The fourth-order valence-corrected chi connectivity index (χ4v) is 2.97. The average Bonchev–Trinajstić information content (AvgIpc) is 3.12. The Hall–Kier alpha value is -3.22. The molecule has 27 heavy (non-hydrogen) atoms. The number of methoxy groups -OCH3 is 1. The Bertz CT molecular complexity index is 864. The average molecular weight is 371 g/mol. The highest BCUT2D eigenvalue weighted by Crippen LogP contribution is 2.28. The molecule has 3 rings (SSSR count). The summed E-state index contributed by atoms with van der Waals surface area (Å²) in [6.45, 7) is 2.16. The summed E-state index contributed by atoms with van der Waals surface area (Å²) in [5.74, 6) is 0.325. The van der Waals surface area contributed by atoms with E-state index in [1.807, 2.05) is 6.92 Å². The van der Waals surface area contributed by atoms with Crippen molar-refractivity contribution >= 4 is 11.9 Å². The van der Waals surface area contributed by atoms with E-state index in [9.17, 15) is 14.7 Å². The zero-order chi connectivity index (χ0) is 19.4. The Labute approximate surface area is 156 Å². The lowest BCUT2D eigenvalue weighted by molar-refractivity contribution is -0.142. The second-order valence-electron chi connectivity index (χ2n) is 6.22. The summed E-state index contributed by atoms with van der Waals surface area (Å²) in [5, 5.41) is 12.0. The lowest BCUT2D eigenvalue weighted by Crippen LogP contribution is -2.36. The molecule has 0 bridgehead atoms. The molecule has 7 nitrogen and oxygen atoms in total. The van der Waals surface area contributed by atoms with Gasteiger partial charge in [-0.3, -0.25) is 4.79 Å². The molecule has 0 aliphatic carbocycles. The van der Waals surface area contributed by atoms with Crippen LogP contribution in [0.25, 0.3) is 0 Å². The number of hydrogen-bond donors (Lipinski definition) is 2. The van der Waals surface area contributed by atoms with Crippen molar-refractivity contribution in [2.24, 2.45) is 0 Å². The van der Waals surface area contributed by atoms with Crippen molar-refractivity contribution in [2.75, 3.05) is 20.3 Å². The standard InChI is InChI=1S/C20H21NO6/c1-12-9-15(4-6-16(12)25-2)27-11-18(22)21-19(20(23)24)14-3-5-17-13(10-14)7-8-26-17/h3-6,9-10,19H,7-8,11H2,1-2H3,(H,21,22)(H,23,24). The number of benzene rings is 2. The Balaban J connectivity index is 1.64. The van der Waals surface area contributed by atoms with Gasteiger partial charge in [-0.05, 0) is 53.9 Å². The predicted octanol–water partition coefficient (Wildman–Crippen LogP) is 2.26. The van der Waals surface area contributed by atoms with Crippen LogP contribution in [-0.2, 0) is 16.0 Å². The third-order valence-electron chi connectivity index (χ3n) is 4.34. The maximum Gasteiger partial charge on any atom is 0.330 e. The highest BCUT2D eigenvalue weighted by molar-refractivity contribution is 5.85. The smallest absolute Gasteiger partial charge is 0.330 e. The number of ether oxygens (including phenoxy) is 3. The summed E-state index contributed by atoms with van der Waals surface area (Å²) in [7, 11) is 1.58. The molecule has 2 N–H and O–H groups in total. The molecule has 1 unspecified atom stereocenters. The molecule has 1 amide bonds. The van der Waals surface area contributed by atoms with Crippen LogP contribution >= 0.6 is 0 Å². The van der Waals surface area contributed by atoms with Gasteiger partial charge in [0, 0.05) is 6.42 Å². The molecule has 0 radical (unpaired) electrons. The molecule has 1 aliphatic rings. The number of carbonyl (C=O) groups is 2. The molecule has 0 saturated heterocycles. The van der Waals surface area contributed by atoms with Crippen LogP contribution in [0.15, 0.2) is 36.4 Å². The zero-order valence-electron chi connectivity index (χ0n) is 15.2. The minimum Gasteiger partial charge on any atom is -0.496 e. The number of rotatable bonds is 7. The third kappa shape index (κ3) is 4.31. The van der Waals surface area contributed by atoms with Crippen molar-refractivity contribution in [3.63, 3.8) is 0 Å². The fourth-order valence-electron chi connectivity index (χ4n) is 2.97. The minimum absolute atomic E-state index is 0.288. The van der Waals surface area contributed by atoms with E-state index in [4.69, 9.17) is 14.2 Å². The van der Waals surface area contributed by atoms with Crippen LogP contribution in [0.2, 0.25) is 0 Å². The molecular weight excluding hydrogens is 350 g/mol. The lowest BCUT2D eigenvalue weighted by Gasteiger charge is -2.16. The van der Waals surface area contributed by atoms with Gasteiger partial charge in [0.2, 0.25) is 0 Å². The first-order valence-electron chi connectivity index (χ1n) is 8.53. The SMILES string of the molecule is COc1ccc(OCC(=O)NC(C(=O)O)c2ccc3c(c2)CCO3)cc1C. The van der Waals surface area contributed by atoms with Gasteiger partial charge in [-0.1, -0.05) is 6.07 Å². The van der Waals surface area contributed by atoms with Gasteiger partial charge in [-0.25, -0.2) is 4.79 Å². The van der Waals surface area contributed by atoms with Crippen molar-refractivity contribution < 1.29 is 28.9 Å².